The van der Waals surface area contributed by atoms with E-state index < -0.39 is 17.1 Å². The van der Waals surface area contributed by atoms with Crippen LogP contribution in [0.25, 0.3) is 5.69 Å². The van der Waals surface area contributed by atoms with Crippen LogP contribution in [0.2, 0.25) is 0 Å². The standard InChI is InChI=1S/C12H9BrN2O3/c1-7-6-8(2-3-9(7)13)15-5-4-10(16)11(14-15)12(17)18/h2-6H,1H3,(H,17,18). The van der Waals surface area contributed by atoms with Crippen molar-refractivity contribution in [3.63, 3.8) is 0 Å². The van der Waals surface area contributed by atoms with Gasteiger partial charge in [0, 0.05) is 16.7 Å². The molecule has 1 aromatic heterocycles. The molecule has 0 spiro atoms. The molecule has 0 amide bonds. The Bertz CT molecular complexity index is 679. The van der Waals surface area contributed by atoms with Gasteiger partial charge < -0.3 is 5.11 Å². The molecule has 0 saturated heterocycles. The third kappa shape index (κ3) is 2.33. The molecule has 18 heavy (non-hydrogen) atoms. The highest BCUT2D eigenvalue weighted by Crippen LogP contribution is 2.18. The number of aromatic nitrogens is 2. The number of benzene rings is 1. The van der Waals surface area contributed by atoms with Gasteiger partial charge in [-0.25, -0.2) is 9.48 Å². The van der Waals surface area contributed by atoms with Gasteiger partial charge >= 0.3 is 5.97 Å². The molecule has 0 bridgehead atoms. The number of rotatable bonds is 2. The van der Waals surface area contributed by atoms with E-state index in [0.29, 0.717) is 5.69 Å². The second-order valence-electron chi connectivity index (χ2n) is 3.71. The number of aryl methyl sites for hydroxylation is 1. The second-order valence-corrected chi connectivity index (χ2v) is 4.57. The highest BCUT2D eigenvalue weighted by molar-refractivity contribution is 9.10. The Hall–Kier alpha value is -1.95. The molecule has 0 radical (unpaired) electrons. The summed E-state index contributed by atoms with van der Waals surface area (Å²) in [7, 11) is 0. The molecule has 1 N–H and O–H groups in total. The fourth-order valence-electron chi connectivity index (χ4n) is 1.47. The smallest absolute Gasteiger partial charge is 0.360 e. The van der Waals surface area contributed by atoms with E-state index in [0.717, 1.165) is 10.0 Å². The maximum Gasteiger partial charge on any atom is 0.360 e. The number of hydrogen-bond acceptors (Lipinski definition) is 3. The predicted octanol–water partition coefficient (Wildman–Crippen LogP) is 2.00. The summed E-state index contributed by atoms with van der Waals surface area (Å²) in [6.07, 6.45) is 1.44. The molecule has 92 valence electrons. The lowest BCUT2D eigenvalue weighted by atomic mass is 10.2. The van der Waals surface area contributed by atoms with E-state index in [1.165, 1.54) is 16.9 Å². The van der Waals surface area contributed by atoms with Crippen LogP contribution in [0, 0.1) is 6.92 Å². The Kier molecular flexibility index (Phi) is 3.29. The summed E-state index contributed by atoms with van der Waals surface area (Å²) in [5, 5.41) is 12.7. The quantitative estimate of drug-likeness (QED) is 0.921. The van der Waals surface area contributed by atoms with Crippen molar-refractivity contribution in [2.45, 2.75) is 6.92 Å². The van der Waals surface area contributed by atoms with Crippen LogP contribution in [0.5, 0.6) is 0 Å². The van der Waals surface area contributed by atoms with Crippen LogP contribution in [0.15, 0.2) is 39.7 Å². The molecule has 0 unspecified atom stereocenters. The SMILES string of the molecule is Cc1cc(-n2ccc(=O)c(C(=O)O)n2)ccc1Br. The first kappa shape index (κ1) is 12.5. The fourth-order valence-corrected chi connectivity index (χ4v) is 1.72. The van der Waals surface area contributed by atoms with Crippen molar-refractivity contribution >= 4 is 21.9 Å². The van der Waals surface area contributed by atoms with E-state index in [2.05, 4.69) is 21.0 Å². The first-order valence-electron chi connectivity index (χ1n) is 5.09. The zero-order chi connectivity index (χ0) is 13.3. The van der Waals surface area contributed by atoms with Crippen molar-refractivity contribution in [3.05, 3.63) is 56.4 Å². The van der Waals surface area contributed by atoms with Gasteiger partial charge in [0.15, 0.2) is 0 Å². The van der Waals surface area contributed by atoms with Gasteiger partial charge in [-0.05, 0) is 30.7 Å². The molecule has 0 fully saturated rings. The van der Waals surface area contributed by atoms with Crippen LogP contribution in [-0.4, -0.2) is 20.9 Å². The minimum Gasteiger partial charge on any atom is -0.476 e. The summed E-state index contributed by atoms with van der Waals surface area (Å²) in [5.41, 5.74) is 0.591. The highest BCUT2D eigenvalue weighted by atomic mass is 79.9. The van der Waals surface area contributed by atoms with Gasteiger partial charge in [0.1, 0.15) is 0 Å². The van der Waals surface area contributed by atoms with E-state index in [1.807, 2.05) is 19.1 Å². The van der Waals surface area contributed by atoms with Crippen molar-refractivity contribution in [2.75, 3.05) is 0 Å². The first-order chi connectivity index (χ1) is 8.49. The van der Waals surface area contributed by atoms with E-state index in [1.54, 1.807) is 6.07 Å². The lowest BCUT2D eigenvalue weighted by Gasteiger charge is -2.07. The number of nitrogens with zero attached hydrogens (tertiary/aromatic N) is 2. The van der Waals surface area contributed by atoms with Crippen molar-refractivity contribution in [1.29, 1.82) is 0 Å². The Labute approximate surface area is 111 Å². The summed E-state index contributed by atoms with van der Waals surface area (Å²) >= 11 is 3.38. The third-order valence-electron chi connectivity index (χ3n) is 2.42. The number of hydrogen-bond donors (Lipinski definition) is 1. The molecule has 0 atom stereocenters. The van der Waals surface area contributed by atoms with E-state index in [9.17, 15) is 9.59 Å². The third-order valence-corrected chi connectivity index (χ3v) is 3.31. The Balaban J connectivity index is 2.57. The van der Waals surface area contributed by atoms with E-state index in [-0.39, 0.29) is 0 Å². The molecule has 0 aliphatic carbocycles. The summed E-state index contributed by atoms with van der Waals surface area (Å²) in [6, 6.07) is 6.64. The van der Waals surface area contributed by atoms with Crippen LogP contribution in [0.4, 0.5) is 0 Å². The number of halogens is 1. The molecule has 6 heteroatoms. The average molecular weight is 309 g/mol. The molecule has 5 nitrogen and oxygen atoms in total. The summed E-state index contributed by atoms with van der Waals surface area (Å²) in [6.45, 7) is 1.91. The predicted molar refractivity (Wildman–Crippen MR) is 69.2 cm³/mol. The summed E-state index contributed by atoms with van der Waals surface area (Å²) < 4.78 is 2.32. The van der Waals surface area contributed by atoms with E-state index in [4.69, 9.17) is 5.11 Å². The van der Waals surface area contributed by atoms with Crippen molar-refractivity contribution < 1.29 is 9.90 Å². The largest absolute Gasteiger partial charge is 0.476 e. The highest BCUT2D eigenvalue weighted by Gasteiger charge is 2.11. The van der Waals surface area contributed by atoms with Gasteiger partial charge in [0.2, 0.25) is 11.1 Å². The Morgan fingerprint density at radius 2 is 2.11 bits per heavy atom. The Morgan fingerprint density at radius 3 is 2.72 bits per heavy atom. The van der Waals surface area contributed by atoms with Crippen LogP contribution in [0.3, 0.4) is 0 Å². The van der Waals surface area contributed by atoms with Gasteiger partial charge in [0.05, 0.1) is 5.69 Å². The zero-order valence-corrected chi connectivity index (χ0v) is 11.0. The number of carboxylic acids is 1. The minimum atomic E-state index is -1.33. The van der Waals surface area contributed by atoms with Crippen LogP contribution >= 0.6 is 15.9 Å². The lowest BCUT2D eigenvalue weighted by molar-refractivity contribution is 0.0687. The number of carbonyl (C=O) groups is 1. The van der Waals surface area contributed by atoms with Gasteiger partial charge in [-0.15, -0.1) is 0 Å². The Morgan fingerprint density at radius 1 is 1.39 bits per heavy atom. The molecular formula is C12H9BrN2O3. The van der Waals surface area contributed by atoms with Crippen LogP contribution < -0.4 is 5.43 Å². The first-order valence-corrected chi connectivity index (χ1v) is 5.88. The summed E-state index contributed by atoms with van der Waals surface area (Å²) in [5.74, 6) is -1.33. The summed E-state index contributed by atoms with van der Waals surface area (Å²) in [4.78, 5) is 22.1. The molecule has 0 aliphatic rings. The van der Waals surface area contributed by atoms with Gasteiger partial charge in [-0.3, -0.25) is 4.79 Å². The van der Waals surface area contributed by atoms with Crippen molar-refractivity contribution in [3.8, 4) is 5.69 Å². The number of carboxylic acid groups (broad SMARTS) is 1. The topological polar surface area (TPSA) is 72.2 Å². The van der Waals surface area contributed by atoms with Gasteiger partial charge in [-0.2, -0.15) is 5.10 Å². The monoisotopic (exact) mass is 308 g/mol. The van der Waals surface area contributed by atoms with E-state index >= 15 is 0 Å². The molecule has 0 aliphatic heterocycles. The fraction of sp³-hybridized carbons (Fsp3) is 0.0833. The number of aromatic carboxylic acids is 1. The second kappa shape index (κ2) is 4.73. The average Bonchev–Trinajstić information content (AvgIpc) is 2.33. The van der Waals surface area contributed by atoms with Crippen LogP contribution in [-0.2, 0) is 0 Å². The molecule has 2 rings (SSSR count). The van der Waals surface area contributed by atoms with Gasteiger partial charge in [0.25, 0.3) is 0 Å². The molecular weight excluding hydrogens is 300 g/mol. The normalized spacial score (nSPS) is 10.3. The molecule has 0 saturated carbocycles. The molecule has 2 aromatic rings. The lowest BCUT2D eigenvalue weighted by Crippen LogP contribution is -2.20. The minimum absolute atomic E-state index is 0.488. The van der Waals surface area contributed by atoms with Crippen LogP contribution in [0.1, 0.15) is 16.1 Å². The zero-order valence-electron chi connectivity index (χ0n) is 9.42. The van der Waals surface area contributed by atoms with Crippen molar-refractivity contribution in [1.82, 2.24) is 9.78 Å². The maximum absolute atomic E-state index is 11.3. The molecule has 1 aromatic carbocycles. The molecule has 1 heterocycles. The van der Waals surface area contributed by atoms with Gasteiger partial charge in [-0.1, -0.05) is 15.9 Å². The maximum atomic E-state index is 11.3. The van der Waals surface area contributed by atoms with Crippen molar-refractivity contribution in [2.24, 2.45) is 0 Å².